The van der Waals surface area contributed by atoms with Gasteiger partial charge in [0.1, 0.15) is 0 Å². The maximum Gasteiger partial charge on any atom is 0.222 e. The first-order valence-electron chi connectivity index (χ1n) is 8.49. The Hall–Kier alpha value is -1.79. The third-order valence-electron chi connectivity index (χ3n) is 4.44. The number of aryl methyl sites for hydroxylation is 1. The first-order chi connectivity index (χ1) is 11.6. The summed E-state index contributed by atoms with van der Waals surface area (Å²) in [5.74, 6) is -0.0454. The van der Waals surface area contributed by atoms with Crippen LogP contribution in [0.2, 0.25) is 0 Å². The number of nitrogens with zero attached hydrogens (tertiary/aromatic N) is 2. The number of amides is 1. The molecule has 0 aliphatic heterocycles. The van der Waals surface area contributed by atoms with Crippen LogP contribution in [0, 0.1) is 0 Å². The van der Waals surface area contributed by atoms with Gasteiger partial charge in [-0.15, -0.1) is 11.3 Å². The number of thiazole rings is 1. The number of carbonyl (C=O) groups excluding carboxylic acids is 1. The maximum absolute atomic E-state index is 11.9. The van der Waals surface area contributed by atoms with Crippen molar-refractivity contribution in [2.75, 3.05) is 6.54 Å². The number of pyridine rings is 1. The number of hydrogen-bond acceptors (Lipinski definition) is 5. The molecule has 24 heavy (non-hydrogen) atoms. The molecule has 1 fully saturated rings. The summed E-state index contributed by atoms with van der Waals surface area (Å²) >= 11 is 1.64. The van der Waals surface area contributed by atoms with E-state index >= 15 is 0 Å². The van der Waals surface area contributed by atoms with Gasteiger partial charge in [0.25, 0.3) is 0 Å². The van der Waals surface area contributed by atoms with Gasteiger partial charge in [0.05, 0.1) is 22.7 Å². The number of aliphatic hydroxyl groups is 1. The third-order valence-corrected chi connectivity index (χ3v) is 5.35. The number of aromatic nitrogens is 2. The van der Waals surface area contributed by atoms with Gasteiger partial charge in [0.2, 0.25) is 5.91 Å². The van der Waals surface area contributed by atoms with Crippen molar-refractivity contribution in [3.8, 4) is 11.3 Å². The highest BCUT2D eigenvalue weighted by Crippen LogP contribution is 2.32. The van der Waals surface area contributed by atoms with Crippen molar-refractivity contribution in [2.45, 2.75) is 50.5 Å². The van der Waals surface area contributed by atoms with E-state index in [0.717, 1.165) is 54.8 Å². The summed E-state index contributed by atoms with van der Waals surface area (Å²) < 4.78 is 0. The van der Waals surface area contributed by atoms with Gasteiger partial charge in [-0.2, -0.15) is 0 Å². The first kappa shape index (κ1) is 17.0. The molecule has 2 aromatic heterocycles. The molecule has 0 radical (unpaired) electrons. The van der Waals surface area contributed by atoms with E-state index in [4.69, 9.17) is 0 Å². The summed E-state index contributed by atoms with van der Waals surface area (Å²) in [4.78, 5) is 20.6. The second-order valence-electron chi connectivity index (χ2n) is 6.42. The van der Waals surface area contributed by atoms with Crippen LogP contribution in [-0.2, 0) is 11.2 Å². The van der Waals surface area contributed by atoms with Gasteiger partial charge in [0.15, 0.2) is 0 Å². The van der Waals surface area contributed by atoms with E-state index in [-0.39, 0.29) is 12.3 Å². The molecule has 0 bridgehead atoms. The predicted molar refractivity (Wildman–Crippen MR) is 94.7 cm³/mol. The highest BCUT2D eigenvalue weighted by molar-refractivity contribution is 7.09. The molecule has 2 N–H and O–H groups in total. The molecule has 0 unspecified atom stereocenters. The quantitative estimate of drug-likeness (QED) is 0.757. The smallest absolute Gasteiger partial charge is 0.222 e. The summed E-state index contributed by atoms with van der Waals surface area (Å²) in [5.41, 5.74) is 1.29. The predicted octanol–water partition coefficient (Wildman–Crippen LogP) is 2.95. The standard InChI is InChI=1S/C18H23N3O2S/c22-16(12-18(23)7-1-2-8-18)20-9-3-4-17-21-15(13-24-17)14-5-10-19-11-6-14/h5-6,10-11,13,23H,1-4,7-9,12H2,(H,20,22). The maximum atomic E-state index is 11.9. The number of hydrogen-bond donors (Lipinski definition) is 2. The normalized spacial score (nSPS) is 16.2. The number of rotatable bonds is 7. The average Bonchev–Trinajstić information content (AvgIpc) is 3.22. The van der Waals surface area contributed by atoms with Crippen molar-refractivity contribution in [3.63, 3.8) is 0 Å². The Kier molecular flexibility index (Phi) is 5.58. The van der Waals surface area contributed by atoms with Gasteiger partial charge in [0, 0.05) is 36.3 Å². The van der Waals surface area contributed by atoms with Crippen LogP contribution in [0.5, 0.6) is 0 Å². The van der Waals surface area contributed by atoms with Gasteiger partial charge in [-0.25, -0.2) is 4.98 Å². The molecule has 0 saturated heterocycles. The topological polar surface area (TPSA) is 75.1 Å². The molecule has 6 heteroatoms. The SMILES string of the molecule is O=C(CC1(O)CCCC1)NCCCc1nc(-c2ccncc2)cs1. The lowest BCUT2D eigenvalue weighted by Crippen LogP contribution is -2.35. The zero-order valence-electron chi connectivity index (χ0n) is 13.7. The van der Waals surface area contributed by atoms with Gasteiger partial charge in [-0.3, -0.25) is 9.78 Å². The molecule has 3 rings (SSSR count). The Bertz CT molecular complexity index is 666. The number of carbonyl (C=O) groups is 1. The van der Waals surface area contributed by atoms with Crippen molar-refractivity contribution < 1.29 is 9.90 Å². The molecule has 0 aromatic carbocycles. The van der Waals surface area contributed by atoms with Gasteiger partial charge in [-0.05, 0) is 31.4 Å². The van der Waals surface area contributed by atoms with E-state index in [1.165, 1.54) is 0 Å². The van der Waals surface area contributed by atoms with Crippen LogP contribution in [-0.4, -0.2) is 33.1 Å². The Morgan fingerprint density at radius 1 is 1.29 bits per heavy atom. The molecule has 0 atom stereocenters. The van der Waals surface area contributed by atoms with Crippen molar-refractivity contribution in [1.29, 1.82) is 0 Å². The van der Waals surface area contributed by atoms with Crippen LogP contribution in [0.1, 0.15) is 43.5 Å². The van der Waals surface area contributed by atoms with E-state index in [1.807, 2.05) is 12.1 Å². The second kappa shape index (κ2) is 7.85. The van der Waals surface area contributed by atoms with Crippen LogP contribution >= 0.6 is 11.3 Å². The summed E-state index contributed by atoms with van der Waals surface area (Å²) in [6, 6.07) is 3.90. The summed E-state index contributed by atoms with van der Waals surface area (Å²) in [6.07, 6.45) is 9.00. The van der Waals surface area contributed by atoms with E-state index in [9.17, 15) is 9.90 Å². The Labute approximate surface area is 146 Å². The zero-order chi connectivity index (χ0) is 16.8. The lowest BCUT2D eigenvalue weighted by Gasteiger charge is -2.21. The molecule has 128 valence electrons. The van der Waals surface area contributed by atoms with Crippen molar-refractivity contribution >= 4 is 17.2 Å². The van der Waals surface area contributed by atoms with E-state index in [1.54, 1.807) is 23.7 Å². The monoisotopic (exact) mass is 345 g/mol. The van der Waals surface area contributed by atoms with E-state index in [2.05, 4.69) is 20.7 Å². The molecule has 2 aromatic rings. The van der Waals surface area contributed by atoms with Gasteiger partial charge < -0.3 is 10.4 Å². The molecule has 1 saturated carbocycles. The minimum atomic E-state index is -0.765. The highest BCUT2D eigenvalue weighted by atomic mass is 32.1. The van der Waals surface area contributed by atoms with Crippen LogP contribution in [0.4, 0.5) is 0 Å². The third kappa shape index (κ3) is 4.61. The van der Waals surface area contributed by atoms with Crippen molar-refractivity contribution in [1.82, 2.24) is 15.3 Å². The lowest BCUT2D eigenvalue weighted by atomic mass is 9.98. The summed E-state index contributed by atoms with van der Waals surface area (Å²) in [5, 5.41) is 16.3. The molecule has 2 heterocycles. The minimum Gasteiger partial charge on any atom is -0.389 e. The Morgan fingerprint density at radius 3 is 2.79 bits per heavy atom. The Morgan fingerprint density at radius 2 is 2.04 bits per heavy atom. The Balaban J connectivity index is 1.39. The highest BCUT2D eigenvalue weighted by Gasteiger charge is 2.33. The zero-order valence-corrected chi connectivity index (χ0v) is 14.5. The average molecular weight is 345 g/mol. The van der Waals surface area contributed by atoms with Crippen molar-refractivity contribution in [2.24, 2.45) is 0 Å². The first-order valence-corrected chi connectivity index (χ1v) is 9.36. The molecule has 1 amide bonds. The van der Waals surface area contributed by atoms with Crippen LogP contribution in [0.15, 0.2) is 29.9 Å². The largest absolute Gasteiger partial charge is 0.389 e. The molecular formula is C18H23N3O2S. The molecule has 5 nitrogen and oxygen atoms in total. The number of nitrogens with one attached hydrogen (secondary N) is 1. The summed E-state index contributed by atoms with van der Waals surface area (Å²) in [7, 11) is 0. The fourth-order valence-electron chi connectivity index (χ4n) is 3.12. The fraction of sp³-hybridized carbons (Fsp3) is 0.500. The summed E-state index contributed by atoms with van der Waals surface area (Å²) in [6.45, 7) is 0.624. The molecule has 0 spiro atoms. The lowest BCUT2D eigenvalue weighted by molar-refractivity contribution is -0.125. The van der Waals surface area contributed by atoms with Crippen LogP contribution in [0.3, 0.4) is 0 Å². The van der Waals surface area contributed by atoms with Gasteiger partial charge in [-0.1, -0.05) is 12.8 Å². The minimum absolute atomic E-state index is 0.0454. The van der Waals surface area contributed by atoms with Crippen molar-refractivity contribution in [3.05, 3.63) is 34.9 Å². The molecule has 1 aliphatic rings. The van der Waals surface area contributed by atoms with Crippen LogP contribution in [0.25, 0.3) is 11.3 Å². The molecule has 1 aliphatic carbocycles. The second-order valence-corrected chi connectivity index (χ2v) is 7.37. The van der Waals surface area contributed by atoms with Crippen LogP contribution < -0.4 is 5.32 Å². The molecular weight excluding hydrogens is 322 g/mol. The van der Waals surface area contributed by atoms with E-state index < -0.39 is 5.60 Å². The van der Waals surface area contributed by atoms with E-state index in [0.29, 0.717) is 6.54 Å². The fourth-order valence-corrected chi connectivity index (χ4v) is 3.97. The van der Waals surface area contributed by atoms with Gasteiger partial charge >= 0.3 is 0 Å².